The van der Waals surface area contributed by atoms with Gasteiger partial charge in [0.15, 0.2) is 0 Å². The van der Waals surface area contributed by atoms with Crippen LogP contribution in [0.15, 0.2) is 35.5 Å². The molecule has 2 heterocycles. The third kappa shape index (κ3) is 4.57. The molecule has 0 saturated carbocycles. The Morgan fingerprint density at radius 2 is 1.87 bits per heavy atom. The standard InChI is InChI=1S/C20H30O3/c1-15(2)20-12-10-17(18(21)23-20)9-5-7-16(3)8-6-11-19(4,22)13-14-20/h8-9,13-15,22H,5-7,10-12H2,1-4H3/b14-13-,16-8-,17-9-/t19-,20+/m0/s1. The van der Waals surface area contributed by atoms with Crippen molar-refractivity contribution in [3.05, 3.63) is 35.5 Å². The molecule has 23 heavy (non-hydrogen) atoms. The van der Waals surface area contributed by atoms with Crippen molar-refractivity contribution < 1.29 is 14.6 Å². The Morgan fingerprint density at radius 1 is 1.13 bits per heavy atom. The molecule has 2 aliphatic heterocycles. The van der Waals surface area contributed by atoms with Crippen molar-refractivity contribution in [3.63, 3.8) is 0 Å². The van der Waals surface area contributed by atoms with Crippen molar-refractivity contribution in [1.29, 1.82) is 0 Å². The second-order valence-electron chi connectivity index (χ2n) is 7.55. The number of fused-ring (bicyclic) bond motifs is 9. The van der Waals surface area contributed by atoms with E-state index in [9.17, 15) is 9.90 Å². The van der Waals surface area contributed by atoms with E-state index in [1.807, 2.05) is 25.2 Å². The second-order valence-corrected chi connectivity index (χ2v) is 7.55. The van der Waals surface area contributed by atoms with Crippen LogP contribution >= 0.6 is 0 Å². The van der Waals surface area contributed by atoms with Crippen molar-refractivity contribution in [2.45, 2.75) is 77.4 Å². The molecule has 3 nitrogen and oxygen atoms in total. The van der Waals surface area contributed by atoms with E-state index >= 15 is 0 Å². The highest BCUT2D eigenvalue weighted by Gasteiger charge is 2.40. The van der Waals surface area contributed by atoms with Gasteiger partial charge < -0.3 is 9.84 Å². The maximum absolute atomic E-state index is 12.4. The van der Waals surface area contributed by atoms with Crippen LogP contribution in [0.3, 0.4) is 0 Å². The van der Waals surface area contributed by atoms with Crippen LogP contribution in [-0.2, 0) is 9.53 Å². The number of hydrogen-bond acceptors (Lipinski definition) is 3. The molecule has 0 radical (unpaired) electrons. The first-order valence-electron chi connectivity index (χ1n) is 8.75. The van der Waals surface area contributed by atoms with Gasteiger partial charge in [-0.05, 0) is 64.4 Å². The lowest BCUT2D eigenvalue weighted by molar-refractivity contribution is -0.159. The Morgan fingerprint density at radius 3 is 2.52 bits per heavy atom. The number of allylic oxidation sites excluding steroid dienone is 3. The van der Waals surface area contributed by atoms with Crippen LogP contribution in [0.5, 0.6) is 0 Å². The van der Waals surface area contributed by atoms with Crippen molar-refractivity contribution in [1.82, 2.24) is 0 Å². The van der Waals surface area contributed by atoms with Crippen molar-refractivity contribution >= 4 is 5.97 Å². The lowest BCUT2D eigenvalue weighted by Crippen LogP contribution is -2.43. The van der Waals surface area contributed by atoms with Crippen molar-refractivity contribution in [2.75, 3.05) is 0 Å². The Labute approximate surface area is 140 Å². The van der Waals surface area contributed by atoms with Gasteiger partial charge in [-0.15, -0.1) is 0 Å². The summed E-state index contributed by atoms with van der Waals surface area (Å²) >= 11 is 0. The summed E-state index contributed by atoms with van der Waals surface area (Å²) in [6, 6.07) is 0. The second kappa shape index (κ2) is 7.04. The van der Waals surface area contributed by atoms with Crippen molar-refractivity contribution in [2.24, 2.45) is 5.92 Å². The Bertz CT molecular complexity index is 537. The lowest BCUT2D eigenvalue weighted by atomic mass is 9.80. The summed E-state index contributed by atoms with van der Waals surface area (Å²) in [6.45, 7) is 8.06. The SMILES string of the molecule is C/C1=C/CC[C@](C)(O)/C=C\[C@@]2(C(C)C)CC/C(=C/CC1)C(=O)O2. The molecule has 1 saturated heterocycles. The summed E-state index contributed by atoms with van der Waals surface area (Å²) in [5.41, 5.74) is 0.616. The minimum absolute atomic E-state index is 0.176. The summed E-state index contributed by atoms with van der Waals surface area (Å²) in [5, 5.41) is 10.6. The summed E-state index contributed by atoms with van der Waals surface area (Å²) in [6.07, 6.45) is 12.8. The molecule has 3 aliphatic rings. The Balaban J connectivity index is 2.35. The summed E-state index contributed by atoms with van der Waals surface area (Å²) in [4.78, 5) is 12.4. The van der Waals surface area contributed by atoms with E-state index in [2.05, 4.69) is 26.8 Å². The molecule has 2 atom stereocenters. The van der Waals surface area contributed by atoms with Crippen LogP contribution < -0.4 is 0 Å². The predicted octanol–water partition coefficient (Wildman–Crippen LogP) is 4.47. The number of carbonyl (C=O) groups is 1. The zero-order valence-corrected chi connectivity index (χ0v) is 14.9. The molecule has 3 heteroatoms. The number of ether oxygens (including phenoxy) is 1. The summed E-state index contributed by atoms with van der Waals surface area (Å²) < 4.78 is 5.84. The van der Waals surface area contributed by atoms with Gasteiger partial charge in [-0.3, -0.25) is 0 Å². The third-order valence-electron chi connectivity index (χ3n) is 5.10. The van der Waals surface area contributed by atoms with E-state index in [1.54, 1.807) is 0 Å². The minimum Gasteiger partial charge on any atom is -0.451 e. The van der Waals surface area contributed by atoms with Crippen LogP contribution in [0.2, 0.25) is 0 Å². The van der Waals surface area contributed by atoms with E-state index in [0.29, 0.717) is 6.42 Å². The topological polar surface area (TPSA) is 46.5 Å². The van der Waals surface area contributed by atoms with E-state index in [4.69, 9.17) is 4.74 Å². The van der Waals surface area contributed by atoms with Crippen LogP contribution in [0.1, 0.15) is 66.2 Å². The quantitative estimate of drug-likeness (QED) is 0.573. The van der Waals surface area contributed by atoms with Crippen LogP contribution in [0, 0.1) is 5.92 Å². The highest BCUT2D eigenvalue weighted by Crippen LogP contribution is 2.37. The molecule has 128 valence electrons. The highest BCUT2D eigenvalue weighted by molar-refractivity contribution is 5.89. The van der Waals surface area contributed by atoms with E-state index in [1.165, 1.54) is 5.57 Å². The van der Waals surface area contributed by atoms with Gasteiger partial charge in [-0.2, -0.15) is 0 Å². The fraction of sp³-hybridized carbons (Fsp3) is 0.650. The summed E-state index contributed by atoms with van der Waals surface area (Å²) in [7, 11) is 0. The number of aliphatic hydroxyl groups is 1. The zero-order chi connectivity index (χ0) is 17.1. The number of hydrogen-bond donors (Lipinski definition) is 1. The fourth-order valence-corrected chi connectivity index (χ4v) is 3.21. The number of carbonyl (C=O) groups excluding carboxylic acids is 1. The smallest absolute Gasteiger partial charge is 0.334 e. The minimum atomic E-state index is -0.884. The molecule has 0 aromatic heterocycles. The first-order chi connectivity index (χ1) is 10.7. The Kier molecular flexibility index (Phi) is 5.51. The monoisotopic (exact) mass is 318 g/mol. The van der Waals surface area contributed by atoms with Crippen LogP contribution in [0.25, 0.3) is 0 Å². The van der Waals surface area contributed by atoms with Crippen LogP contribution in [0.4, 0.5) is 0 Å². The van der Waals surface area contributed by atoms with Gasteiger partial charge in [0.2, 0.25) is 0 Å². The predicted molar refractivity (Wildman–Crippen MR) is 93.0 cm³/mol. The van der Waals surface area contributed by atoms with E-state index in [-0.39, 0.29) is 11.9 Å². The molecular formula is C20H30O3. The fourth-order valence-electron chi connectivity index (χ4n) is 3.21. The van der Waals surface area contributed by atoms with Gasteiger partial charge in [-0.1, -0.05) is 37.6 Å². The first-order valence-corrected chi connectivity index (χ1v) is 8.75. The average Bonchev–Trinajstić information content (AvgIpc) is 2.46. The molecule has 0 aromatic rings. The number of esters is 1. The average molecular weight is 318 g/mol. The molecule has 1 N–H and O–H groups in total. The molecule has 2 bridgehead atoms. The zero-order valence-electron chi connectivity index (χ0n) is 14.9. The number of rotatable bonds is 1. The van der Waals surface area contributed by atoms with Gasteiger partial charge in [0.1, 0.15) is 5.60 Å². The molecule has 0 amide bonds. The maximum atomic E-state index is 12.4. The molecule has 0 spiro atoms. The molecule has 3 rings (SSSR count). The van der Waals surface area contributed by atoms with Gasteiger partial charge in [-0.25, -0.2) is 4.79 Å². The van der Waals surface area contributed by atoms with Gasteiger partial charge in [0, 0.05) is 5.57 Å². The van der Waals surface area contributed by atoms with E-state index < -0.39 is 11.2 Å². The highest BCUT2D eigenvalue weighted by atomic mass is 16.6. The molecule has 1 fully saturated rings. The maximum Gasteiger partial charge on any atom is 0.334 e. The van der Waals surface area contributed by atoms with Crippen molar-refractivity contribution in [3.8, 4) is 0 Å². The largest absolute Gasteiger partial charge is 0.451 e. The van der Waals surface area contributed by atoms with Gasteiger partial charge >= 0.3 is 5.97 Å². The molecule has 1 aliphatic carbocycles. The van der Waals surface area contributed by atoms with Gasteiger partial charge in [0.25, 0.3) is 0 Å². The Hall–Kier alpha value is -1.35. The van der Waals surface area contributed by atoms with Gasteiger partial charge in [0.05, 0.1) is 5.60 Å². The van der Waals surface area contributed by atoms with E-state index in [0.717, 1.165) is 37.7 Å². The first kappa shape index (κ1) is 18.0. The summed E-state index contributed by atoms with van der Waals surface area (Å²) in [5.74, 6) is -0.0250. The van der Waals surface area contributed by atoms with Crippen LogP contribution in [-0.4, -0.2) is 22.3 Å². The molecular weight excluding hydrogens is 288 g/mol. The normalized spacial score (nSPS) is 39.0. The third-order valence-corrected chi connectivity index (χ3v) is 5.10. The molecule has 0 aromatic carbocycles. The molecule has 0 unspecified atom stereocenters. The lowest BCUT2D eigenvalue weighted by Gasteiger charge is -2.39.